The van der Waals surface area contributed by atoms with E-state index in [2.05, 4.69) is 41.6 Å². The predicted octanol–water partition coefficient (Wildman–Crippen LogP) is 2.71. The molecule has 0 saturated heterocycles. The van der Waals surface area contributed by atoms with Crippen LogP contribution < -0.4 is 14.9 Å². The lowest BCUT2D eigenvalue weighted by molar-refractivity contribution is 0.411. The Bertz CT molecular complexity index is 833. The highest BCUT2D eigenvalue weighted by Crippen LogP contribution is 2.28. The minimum Gasteiger partial charge on any atom is -0.496 e. The number of hydrogen-bond acceptors (Lipinski definition) is 4. The van der Waals surface area contributed by atoms with E-state index in [1.807, 2.05) is 0 Å². The third-order valence-electron chi connectivity index (χ3n) is 2.58. The van der Waals surface area contributed by atoms with Crippen molar-refractivity contribution in [2.45, 2.75) is 4.90 Å². The molecule has 0 saturated carbocycles. The highest BCUT2D eigenvalue weighted by molar-refractivity contribution is 9.10. The van der Waals surface area contributed by atoms with Crippen LogP contribution in [0.25, 0.3) is 0 Å². The number of methoxy groups -OCH3 is 1. The highest BCUT2D eigenvalue weighted by atomic mass is 79.9. The van der Waals surface area contributed by atoms with Crippen LogP contribution in [-0.2, 0) is 10.0 Å². The fourth-order valence-corrected chi connectivity index (χ4v) is 3.67. The number of ether oxygens (including phenoxy) is 1. The van der Waals surface area contributed by atoms with E-state index < -0.39 is 15.5 Å². The molecule has 1 aromatic heterocycles. The van der Waals surface area contributed by atoms with Gasteiger partial charge in [0.1, 0.15) is 11.4 Å². The number of halogens is 2. The van der Waals surface area contributed by atoms with Crippen molar-refractivity contribution >= 4 is 47.6 Å². The average molecular weight is 438 g/mol. The molecule has 0 aliphatic heterocycles. The van der Waals surface area contributed by atoms with Crippen molar-refractivity contribution in [3.63, 3.8) is 0 Å². The number of H-pyrrole nitrogens is 1. The number of hydrogen-bond donors (Lipinski definition) is 2. The summed E-state index contributed by atoms with van der Waals surface area (Å²) < 4.78 is 32.6. The molecule has 2 aromatic rings. The van der Waals surface area contributed by atoms with Crippen LogP contribution in [-0.4, -0.2) is 20.5 Å². The van der Waals surface area contributed by atoms with Gasteiger partial charge in [-0.25, -0.2) is 8.42 Å². The van der Waals surface area contributed by atoms with Crippen molar-refractivity contribution in [2.75, 3.05) is 11.8 Å². The Morgan fingerprint density at radius 1 is 1.19 bits per heavy atom. The van der Waals surface area contributed by atoms with Gasteiger partial charge in [-0.15, -0.1) is 0 Å². The van der Waals surface area contributed by atoms with Crippen LogP contribution in [0.1, 0.15) is 0 Å². The molecular weight excluding hydrogens is 428 g/mol. The molecule has 1 heterocycles. The molecular formula is C12H10Br2N2O4S. The van der Waals surface area contributed by atoms with Gasteiger partial charge in [0.05, 0.1) is 21.0 Å². The molecule has 0 bridgehead atoms. The summed E-state index contributed by atoms with van der Waals surface area (Å²) in [5, 5.41) is 0. The molecule has 2 N–H and O–H groups in total. The van der Waals surface area contributed by atoms with Crippen LogP contribution in [0, 0.1) is 0 Å². The Hall–Kier alpha value is -1.32. The summed E-state index contributed by atoms with van der Waals surface area (Å²) >= 11 is 6.26. The molecule has 6 nitrogen and oxygen atoms in total. The van der Waals surface area contributed by atoms with E-state index in [1.165, 1.54) is 37.7 Å². The molecule has 2 rings (SSSR count). The lowest BCUT2D eigenvalue weighted by Gasteiger charge is -2.09. The van der Waals surface area contributed by atoms with Gasteiger partial charge in [-0.05, 0) is 50.1 Å². The van der Waals surface area contributed by atoms with Crippen molar-refractivity contribution in [2.24, 2.45) is 0 Å². The predicted molar refractivity (Wildman–Crippen MR) is 86.3 cm³/mol. The first-order valence-corrected chi connectivity index (χ1v) is 8.65. The highest BCUT2D eigenvalue weighted by Gasteiger charge is 2.18. The van der Waals surface area contributed by atoms with E-state index in [0.717, 1.165) is 0 Å². The monoisotopic (exact) mass is 436 g/mol. The van der Waals surface area contributed by atoms with Gasteiger partial charge in [-0.2, -0.15) is 0 Å². The first-order chi connectivity index (χ1) is 9.85. The van der Waals surface area contributed by atoms with Crippen LogP contribution in [0.3, 0.4) is 0 Å². The molecule has 112 valence electrons. The van der Waals surface area contributed by atoms with E-state index in [4.69, 9.17) is 4.74 Å². The molecule has 0 amide bonds. The van der Waals surface area contributed by atoms with E-state index in [0.29, 0.717) is 10.2 Å². The SMILES string of the molecule is COc1ccc(S(=O)(=O)Nc2c[nH]cc(Br)c2=O)cc1Br. The average Bonchev–Trinajstić information content (AvgIpc) is 2.43. The van der Waals surface area contributed by atoms with Crippen LogP contribution in [0.2, 0.25) is 0 Å². The van der Waals surface area contributed by atoms with Crippen LogP contribution in [0.15, 0.2) is 49.2 Å². The number of sulfonamides is 1. The Labute approximate surface area is 137 Å². The van der Waals surface area contributed by atoms with Crippen LogP contribution >= 0.6 is 31.9 Å². The first kappa shape index (κ1) is 16.1. The Morgan fingerprint density at radius 3 is 2.52 bits per heavy atom. The number of anilines is 1. The van der Waals surface area contributed by atoms with Gasteiger partial charge in [0.25, 0.3) is 10.0 Å². The largest absolute Gasteiger partial charge is 0.496 e. The molecule has 0 aliphatic rings. The molecule has 0 aliphatic carbocycles. The van der Waals surface area contributed by atoms with Crippen molar-refractivity contribution in [1.29, 1.82) is 0 Å². The quantitative estimate of drug-likeness (QED) is 0.769. The van der Waals surface area contributed by atoms with E-state index >= 15 is 0 Å². The van der Waals surface area contributed by atoms with E-state index in [9.17, 15) is 13.2 Å². The van der Waals surface area contributed by atoms with Gasteiger partial charge in [0, 0.05) is 12.4 Å². The maximum absolute atomic E-state index is 12.3. The molecule has 0 unspecified atom stereocenters. The molecule has 0 atom stereocenters. The van der Waals surface area contributed by atoms with Gasteiger partial charge in [0.2, 0.25) is 5.43 Å². The number of benzene rings is 1. The van der Waals surface area contributed by atoms with Gasteiger partial charge in [-0.1, -0.05) is 0 Å². The van der Waals surface area contributed by atoms with E-state index in [1.54, 1.807) is 0 Å². The zero-order valence-corrected chi connectivity index (χ0v) is 14.7. The Kier molecular flexibility index (Phi) is 4.74. The number of pyridine rings is 1. The first-order valence-electron chi connectivity index (χ1n) is 5.58. The second kappa shape index (κ2) is 6.20. The zero-order valence-electron chi connectivity index (χ0n) is 10.7. The Morgan fingerprint density at radius 2 is 1.90 bits per heavy atom. The van der Waals surface area contributed by atoms with Crippen molar-refractivity contribution < 1.29 is 13.2 Å². The van der Waals surface area contributed by atoms with Crippen molar-refractivity contribution in [3.05, 3.63) is 49.8 Å². The summed E-state index contributed by atoms with van der Waals surface area (Å²) in [6.45, 7) is 0. The normalized spacial score (nSPS) is 11.2. The maximum atomic E-state index is 12.3. The van der Waals surface area contributed by atoms with Crippen molar-refractivity contribution in [3.8, 4) is 5.75 Å². The van der Waals surface area contributed by atoms with Gasteiger partial charge in [-0.3, -0.25) is 9.52 Å². The lowest BCUT2D eigenvalue weighted by atomic mass is 10.3. The second-order valence-electron chi connectivity index (χ2n) is 3.95. The summed E-state index contributed by atoms with van der Waals surface area (Å²) in [5.74, 6) is 0.509. The fraction of sp³-hybridized carbons (Fsp3) is 0.0833. The maximum Gasteiger partial charge on any atom is 0.262 e. The fourth-order valence-electron chi connectivity index (χ4n) is 1.55. The summed E-state index contributed by atoms with van der Waals surface area (Å²) in [6, 6.07) is 4.30. The zero-order chi connectivity index (χ0) is 15.6. The molecule has 0 radical (unpaired) electrons. The van der Waals surface area contributed by atoms with Gasteiger partial charge in [0.15, 0.2) is 0 Å². The minimum atomic E-state index is -3.88. The standard InChI is InChI=1S/C12H10Br2N2O4S/c1-20-11-3-2-7(4-8(11)13)21(18,19)16-10-6-15-5-9(14)12(10)17/h2-6,16H,1H3,(H,15,17). The number of aromatic nitrogens is 1. The third-order valence-corrected chi connectivity index (χ3v) is 5.15. The van der Waals surface area contributed by atoms with Gasteiger partial charge >= 0.3 is 0 Å². The van der Waals surface area contributed by atoms with Crippen LogP contribution in [0.4, 0.5) is 5.69 Å². The van der Waals surface area contributed by atoms with E-state index in [-0.39, 0.29) is 15.1 Å². The topological polar surface area (TPSA) is 88.3 Å². The molecule has 0 fully saturated rings. The number of aromatic amines is 1. The third kappa shape index (κ3) is 3.47. The second-order valence-corrected chi connectivity index (χ2v) is 7.34. The summed E-state index contributed by atoms with van der Waals surface area (Å²) in [7, 11) is -2.40. The van der Waals surface area contributed by atoms with Crippen LogP contribution in [0.5, 0.6) is 5.75 Å². The van der Waals surface area contributed by atoms with Gasteiger partial charge < -0.3 is 9.72 Å². The Balaban J connectivity index is 2.41. The van der Waals surface area contributed by atoms with Crippen molar-refractivity contribution in [1.82, 2.24) is 4.98 Å². The summed E-state index contributed by atoms with van der Waals surface area (Å²) in [5.41, 5.74) is -0.527. The molecule has 9 heteroatoms. The molecule has 21 heavy (non-hydrogen) atoms. The number of rotatable bonds is 4. The molecule has 1 aromatic carbocycles. The summed E-state index contributed by atoms with van der Waals surface area (Å²) in [4.78, 5) is 14.5. The lowest BCUT2D eigenvalue weighted by Crippen LogP contribution is -2.19. The minimum absolute atomic E-state index is 0.00884. The number of nitrogens with one attached hydrogen (secondary N) is 2. The molecule has 0 spiro atoms. The summed E-state index contributed by atoms with van der Waals surface area (Å²) in [6.07, 6.45) is 2.70. The smallest absolute Gasteiger partial charge is 0.262 e.